The number of rotatable bonds is 5. The number of amides is 1. The molecule has 2 N–H and O–H groups in total. The second kappa shape index (κ2) is 12.5. The van der Waals surface area contributed by atoms with Gasteiger partial charge in [0.05, 0.1) is 18.1 Å². The van der Waals surface area contributed by atoms with E-state index >= 15 is 0 Å². The van der Waals surface area contributed by atoms with Crippen LogP contribution in [0.15, 0.2) is 18.2 Å². The molecule has 6 heteroatoms. The highest BCUT2D eigenvalue weighted by Crippen LogP contribution is 2.58. The van der Waals surface area contributed by atoms with Gasteiger partial charge in [0.1, 0.15) is 5.75 Å². The van der Waals surface area contributed by atoms with E-state index in [-0.39, 0.29) is 17.2 Å². The Morgan fingerprint density at radius 2 is 1.62 bits per heavy atom. The van der Waals surface area contributed by atoms with Crippen molar-refractivity contribution in [2.45, 2.75) is 129 Å². The zero-order valence-corrected chi connectivity index (χ0v) is 26.6. The van der Waals surface area contributed by atoms with E-state index in [4.69, 9.17) is 9.84 Å². The number of hydrogen-bond acceptors (Lipinski definition) is 3. The van der Waals surface area contributed by atoms with Gasteiger partial charge in [-0.1, -0.05) is 59.3 Å². The lowest BCUT2D eigenvalue weighted by Gasteiger charge is -2.33. The third kappa shape index (κ3) is 6.43. The third-order valence-electron chi connectivity index (χ3n) is 10.4. The minimum atomic E-state index is -0.602. The van der Waals surface area contributed by atoms with E-state index in [1.54, 1.807) is 7.05 Å². The fourth-order valence-corrected chi connectivity index (χ4v) is 7.50. The molecule has 1 aromatic heterocycles. The van der Waals surface area contributed by atoms with Crippen LogP contribution in [0.4, 0.5) is 0 Å². The molecule has 2 heterocycles. The third-order valence-corrected chi connectivity index (χ3v) is 10.4. The van der Waals surface area contributed by atoms with E-state index in [1.807, 2.05) is 0 Å². The number of carboxylic acid groups (broad SMARTS) is 1. The van der Waals surface area contributed by atoms with Gasteiger partial charge >= 0.3 is 5.97 Å². The molecule has 1 aromatic carbocycles. The fourth-order valence-electron chi connectivity index (χ4n) is 7.50. The maximum Gasteiger partial charge on any atom is 0.306 e. The number of aromatic nitrogens is 1. The Hall–Kier alpha value is -2.76. The molecule has 0 saturated heterocycles. The Balaban J connectivity index is 0.000000336. The Labute approximate surface area is 252 Å². The van der Waals surface area contributed by atoms with E-state index in [0.717, 1.165) is 62.3 Å². The van der Waals surface area contributed by atoms with Crippen LogP contribution < -0.4 is 10.1 Å². The Morgan fingerprint density at radius 3 is 2.17 bits per heavy atom. The van der Waals surface area contributed by atoms with Gasteiger partial charge in [0.15, 0.2) is 0 Å². The summed E-state index contributed by atoms with van der Waals surface area (Å²) in [6, 6.07) is 6.88. The molecule has 0 radical (unpaired) electrons. The van der Waals surface area contributed by atoms with Gasteiger partial charge in [-0.15, -0.1) is 0 Å². The lowest BCUT2D eigenvalue weighted by atomic mass is 9.79. The molecule has 6 nitrogen and oxygen atoms in total. The number of ether oxygens (including phenoxy) is 1. The average Bonchev–Trinajstić information content (AvgIpc) is 3.69. The van der Waals surface area contributed by atoms with Crippen molar-refractivity contribution in [3.8, 4) is 17.0 Å². The number of nitrogens with zero attached hydrogens (tertiary/aromatic N) is 1. The zero-order valence-electron chi connectivity index (χ0n) is 26.6. The van der Waals surface area contributed by atoms with Crippen molar-refractivity contribution in [3.05, 3.63) is 40.6 Å². The fraction of sp³-hybridized carbons (Fsp3) is 0.667. The van der Waals surface area contributed by atoms with E-state index in [0.29, 0.717) is 11.3 Å². The van der Waals surface area contributed by atoms with Crippen LogP contribution in [0.5, 0.6) is 5.75 Å². The molecule has 6 rings (SSSR count). The van der Waals surface area contributed by atoms with E-state index < -0.39 is 5.97 Å². The summed E-state index contributed by atoms with van der Waals surface area (Å²) in [5.74, 6) is 1.20. The summed E-state index contributed by atoms with van der Waals surface area (Å²) in [5, 5.41) is 11.4. The van der Waals surface area contributed by atoms with Gasteiger partial charge < -0.3 is 19.7 Å². The smallest absolute Gasteiger partial charge is 0.306 e. The lowest BCUT2D eigenvalue weighted by molar-refractivity contribution is -0.142. The molecule has 0 atom stereocenters. The first-order chi connectivity index (χ1) is 20.0. The summed E-state index contributed by atoms with van der Waals surface area (Å²) >= 11 is 0. The Kier molecular flexibility index (Phi) is 9.10. The quantitative estimate of drug-likeness (QED) is 0.376. The topological polar surface area (TPSA) is 80.6 Å². The van der Waals surface area contributed by atoms with Crippen LogP contribution in [0.3, 0.4) is 0 Å². The standard InChI is InChI=1S/C29H40N2O2.C7H12O2/c1-19-22(27(32)30-5)17-25(31(19)18-20-9-7-6-8-10-20)21-15-23(28(2,3)4)26-24(16-21)29(11-12-29)13-14-33-26;8-7(9)6-4-2-1-3-5-6/h15-17,20H,6-14,18H2,1-5H3,(H,30,32);6H,1-5H2,(H,8,9). The number of fused-ring (bicyclic) bond motifs is 2. The predicted molar refractivity (Wildman–Crippen MR) is 169 cm³/mol. The normalized spacial score (nSPS) is 20.2. The van der Waals surface area contributed by atoms with Gasteiger partial charge in [0.25, 0.3) is 5.91 Å². The first-order valence-corrected chi connectivity index (χ1v) is 16.5. The molecule has 1 spiro atoms. The van der Waals surface area contributed by atoms with Crippen molar-refractivity contribution >= 4 is 11.9 Å². The van der Waals surface area contributed by atoms with Crippen molar-refractivity contribution in [2.24, 2.45) is 11.8 Å². The maximum atomic E-state index is 12.8. The van der Waals surface area contributed by atoms with Gasteiger partial charge in [-0.2, -0.15) is 0 Å². The number of carboxylic acids is 1. The first kappa shape index (κ1) is 30.7. The predicted octanol–water partition coefficient (Wildman–Crippen LogP) is 8.17. The largest absolute Gasteiger partial charge is 0.493 e. The lowest BCUT2D eigenvalue weighted by Crippen LogP contribution is -2.24. The van der Waals surface area contributed by atoms with Crippen LogP contribution in [0.25, 0.3) is 11.3 Å². The van der Waals surface area contributed by atoms with Crippen molar-refractivity contribution in [3.63, 3.8) is 0 Å². The highest BCUT2D eigenvalue weighted by atomic mass is 16.5. The minimum absolute atomic E-state index is 0.00662. The molecule has 0 bridgehead atoms. The molecule has 1 aliphatic heterocycles. The molecule has 3 saturated carbocycles. The molecule has 2 aromatic rings. The summed E-state index contributed by atoms with van der Waals surface area (Å²) < 4.78 is 8.76. The minimum Gasteiger partial charge on any atom is -0.493 e. The van der Waals surface area contributed by atoms with E-state index in [9.17, 15) is 9.59 Å². The molecule has 4 aliphatic rings. The zero-order chi connectivity index (χ0) is 30.1. The molecule has 0 unspecified atom stereocenters. The molecule has 42 heavy (non-hydrogen) atoms. The van der Waals surface area contributed by atoms with Crippen molar-refractivity contribution < 1.29 is 19.4 Å². The van der Waals surface area contributed by atoms with Crippen molar-refractivity contribution in [1.82, 2.24) is 9.88 Å². The number of hydrogen-bond donors (Lipinski definition) is 2. The van der Waals surface area contributed by atoms with Crippen LogP contribution in [0.1, 0.15) is 131 Å². The Morgan fingerprint density at radius 1 is 0.976 bits per heavy atom. The summed E-state index contributed by atoms with van der Waals surface area (Å²) in [4.78, 5) is 23.1. The van der Waals surface area contributed by atoms with Crippen LogP contribution in [-0.2, 0) is 22.2 Å². The van der Waals surface area contributed by atoms with E-state index in [2.05, 4.69) is 55.8 Å². The van der Waals surface area contributed by atoms with Crippen LogP contribution in [-0.4, -0.2) is 35.2 Å². The second-order valence-electron chi connectivity index (χ2n) is 14.4. The summed E-state index contributed by atoms with van der Waals surface area (Å²) in [7, 11) is 1.73. The number of carbonyl (C=O) groups excluding carboxylic acids is 1. The van der Waals surface area contributed by atoms with E-state index in [1.165, 1.54) is 73.8 Å². The number of carbonyl (C=O) groups is 2. The molecular weight excluding hydrogens is 524 g/mol. The monoisotopic (exact) mass is 576 g/mol. The van der Waals surface area contributed by atoms with Crippen LogP contribution >= 0.6 is 0 Å². The van der Waals surface area contributed by atoms with Crippen LogP contribution in [0, 0.1) is 18.8 Å². The van der Waals surface area contributed by atoms with Gasteiger partial charge in [-0.25, -0.2) is 0 Å². The SMILES string of the molecule is CNC(=O)c1cc(-c2cc(C(C)(C)C)c3c(c2)C2(CCO3)CC2)n(CC2CCCCC2)c1C.O=C(O)C1CCCCC1. The highest BCUT2D eigenvalue weighted by molar-refractivity contribution is 5.97. The Bertz CT molecular complexity index is 1270. The molecular formula is C36H52N2O4. The number of benzene rings is 1. The number of nitrogens with one attached hydrogen (secondary N) is 1. The van der Waals surface area contributed by atoms with Gasteiger partial charge in [-0.3, -0.25) is 9.59 Å². The molecule has 3 fully saturated rings. The van der Waals surface area contributed by atoms with Crippen molar-refractivity contribution in [1.29, 1.82) is 0 Å². The average molecular weight is 577 g/mol. The second-order valence-corrected chi connectivity index (χ2v) is 14.4. The van der Waals surface area contributed by atoms with Crippen molar-refractivity contribution in [2.75, 3.05) is 13.7 Å². The molecule has 230 valence electrons. The van der Waals surface area contributed by atoms with Crippen LogP contribution in [0.2, 0.25) is 0 Å². The molecule has 1 amide bonds. The van der Waals surface area contributed by atoms with Gasteiger partial charge in [-0.05, 0) is 87.0 Å². The maximum absolute atomic E-state index is 12.8. The summed E-state index contributed by atoms with van der Waals surface area (Å²) in [6.07, 6.45) is 15.5. The summed E-state index contributed by atoms with van der Waals surface area (Å²) in [5.41, 5.74) is 7.32. The number of aliphatic carboxylic acids is 1. The first-order valence-electron chi connectivity index (χ1n) is 16.5. The summed E-state index contributed by atoms with van der Waals surface area (Å²) in [6.45, 7) is 10.8. The van der Waals surface area contributed by atoms with Gasteiger partial charge in [0.2, 0.25) is 0 Å². The highest BCUT2D eigenvalue weighted by Gasteiger charge is 2.49. The van der Waals surface area contributed by atoms with Gasteiger partial charge in [0, 0.05) is 41.5 Å². The molecule has 3 aliphatic carbocycles.